The number of amidine groups is 1. The van der Waals surface area contributed by atoms with Crippen LogP contribution in [-0.2, 0) is 20.9 Å². The Bertz CT molecular complexity index is 1430. The zero-order valence-electron chi connectivity index (χ0n) is 24.0. The van der Waals surface area contributed by atoms with Gasteiger partial charge in [0.15, 0.2) is 5.60 Å². The first-order chi connectivity index (χ1) is 19.2. The maximum absolute atomic E-state index is 13.7. The van der Waals surface area contributed by atoms with Crippen molar-refractivity contribution < 1.29 is 18.8 Å². The molecule has 0 saturated carbocycles. The largest absolute Gasteiger partial charge is 0.466 e. The van der Waals surface area contributed by atoms with E-state index in [0.29, 0.717) is 12.6 Å². The van der Waals surface area contributed by atoms with Crippen molar-refractivity contribution in [2.75, 3.05) is 32.8 Å². The Labute approximate surface area is 235 Å². The molecule has 1 aromatic heterocycles. The highest BCUT2D eigenvalue weighted by atomic mass is 19.1. The molecule has 2 aromatic carbocycles. The summed E-state index contributed by atoms with van der Waals surface area (Å²) in [4.78, 5) is 23.2. The summed E-state index contributed by atoms with van der Waals surface area (Å²) in [6.07, 6.45) is 4.60. The third-order valence-corrected chi connectivity index (χ3v) is 8.89. The lowest BCUT2D eigenvalue weighted by atomic mass is 9.80. The first-order valence-electron chi connectivity index (χ1n) is 14.5. The smallest absolute Gasteiger partial charge is 0.311 e. The van der Waals surface area contributed by atoms with E-state index in [1.807, 2.05) is 26.0 Å². The van der Waals surface area contributed by atoms with Crippen LogP contribution < -0.4 is 0 Å². The van der Waals surface area contributed by atoms with Crippen LogP contribution in [0.4, 0.5) is 4.39 Å². The second kappa shape index (κ2) is 10.2. The number of carbonyl (C=O) groups is 1. The number of nitrogens with zero attached hydrogens (tertiary/aromatic N) is 4. The molecule has 0 bridgehead atoms. The monoisotopic (exact) mass is 546 g/mol. The average molecular weight is 547 g/mol. The van der Waals surface area contributed by atoms with Gasteiger partial charge in [-0.2, -0.15) is 0 Å². The van der Waals surface area contributed by atoms with Crippen LogP contribution in [0.2, 0.25) is 0 Å². The lowest BCUT2D eigenvalue weighted by Gasteiger charge is -2.45. The summed E-state index contributed by atoms with van der Waals surface area (Å²) in [5, 5.41) is 5.74. The van der Waals surface area contributed by atoms with E-state index >= 15 is 0 Å². The van der Waals surface area contributed by atoms with E-state index in [9.17, 15) is 9.18 Å². The molecule has 2 fully saturated rings. The van der Waals surface area contributed by atoms with Crippen molar-refractivity contribution in [1.29, 1.82) is 0 Å². The highest BCUT2D eigenvalue weighted by Gasteiger charge is 2.51. The molecule has 0 amide bonds. The minimum Gasteiger partial charge on any atom is -0.466 e. The number of aromatic nitrogens is 1. The van der Waals surface area contributed by atoms with Gasteiger partial charge in [-0.25, -0.2) is 4.39 Å². The van der Waals surface area contributed by atoms with Crippen LogP contribution in [0.15, 0.2) is 53.8 Å². The van der Waals surface area contributed by atoms with Crippen molar-refractivity contribution in [3.8, 4) is 11.1 Å². The maximum Gasteiger partial charge on any atom is 0.311 e. The molecule has 0 aliphatic carbocycles. The Kier molecular flexibility index (Phi) is 6.85. The Morgan fingerprint density at radius 1 is 1.12 bits per heavy atom. The molecule has 40 heavy (non-hydrogen) atoms. The molecule has 3 aliphatic rings. The van der Waals surface area contributed by atoms with E-state index in [0.717, 1.165) is 68.9 Å². The number of ether oxygens (including phenoxy) is 1. The average Bonchev–Trinajstić information content (AvgIpc) is 3.53. The molecule has 3 aromatic rings. The molecule has 0 atom stereocenters. The van der Waals surface area contributed by atoms with Gasteiger partial charge in [-0.05, 0) is 75.4 Å². The van der Waals surface area contributed by atoms with Gasteiger partial charge in [-0.15, -0.1) is 0 Å². The lowest BCUT2D eigenvalue weighted by molar-refractivity contribution is -0.156. The number of piperidine rings is 1. The van der Waals surface area contributed by atoms with Gasteiger partial charge >= 0.3 is 5.97 Å². The summed E-state index contributed by atoms with van der Waals surface area (Å²) in [6.45, 7) is 12.7. The number of rotatable bonds is 6. The summed E-state index contributed by atoms with van der Waals surface area (Å²) in [5.74, 6) is 0.685. The van der Waals surface area contributed by atoms with Crippen LogP contribution in [-0.4, -0.2) is 64.6 Å². The van der Waals surface area contributed by atoms with Crippen molar-refractivity contribution in [3.63, 3.8) is 0 Å². The van der Waals surface area contributed by atoms with Gasteiger partial charge in [0.25, 0.3) is 0 Å². The van der Waals surface area contributed by atoms with E-state index in [2.05, 4.69) is 57.8 Å². The quantitative estimate of drug-likeness (QED) is 0.356. The van der Waals surface area contributed by atoms with Crippen LogP contribution >= 0.6 is 0 Å². The van der Waals surface area contributed by atoms with Gasteiger partial charge in [-0.3, -0.25) is 9.69 Å². The third kappa shape index (κ3) is 4.76. The Morgan fingerprint density at radius 3 is 2.52 bits per heavy atom. The fourth-order valence-corrected chi connectivity index (χ4v) is 6.54. The minimum absolute atomic E-state index is 0.0909. The Balaban J connectivity index is 1.14. The summed E-state index contributed by atoms with van der Waals surface area (Å²) >= 11 is 0. The van der Waals surface area contributed by atoms with Crippen molar-refractivity contribution in [2.24, 2.45) is 10.6 Å². The van der Waals surface area contributed by atoms with Crippen LogP contribution in [0.1, 0.15) is 58.6 Å². The number of oxime groups is 1. The van der Waals surface area contributed by atoms with Gasteiger partial charge < -0.3 is 19.0 Å². The summed E-state index contributed by atoms with van der Waals surface area (Å²) in [6, 6.07) is 13.5. The van der Waals surface area contributed by atoms with Crippen LogP contribution in [0, 0.1) is 11.2 Å². The molecule has 3 aliphatic heterocycles. The van der Waals surface area contributed by atoms with Gasteiger partial charge in [0, 0.05) is 55.9 Å². The topological polar surface area (TPSA) is 59.3 Å². The predicted octanol–water partition coefficient (Wildman–Crippen LogP) is 5.98. The van der Waals surface area contributed by atoms with Gasteiger partial charge in [-0.1, -0.05) is 29.4 Å². The number of hydrogen-bond donors (Lipinski definition) is 0. The highest BCUT2D eigenvalue weighted by molar-refractivity contribution is 5.98. The van der Waals surface area contributed by atoms with E-state index in [-0.39, 0.29) is 17.4 Å². The summed E-state index contributed by atoms with van der Waals surface area (Å²) in [5.41, 5.74) is 3.93. The van der Waals surface area contributed by atoms with E-state index in [1.54, 1.807) is 0 Å². The number of carbonyl (C=O) groups excluding carboxylic acids is 1. The van der Waals surface area contributed by atoms with Crippen LogP contribution in [0.3, 0.4) is 0 Å². The number of benzene rings is 2. The third-order valence-electron chi connectivity index (χ3n) is 8.89. The van der Waals surface area contributed by atoms with E-state index < -0.39 is 5.41 Å². The zero-order chi connectivity index (χ0) is 28.1. The molecule has 2 saturated heterocycles. The number of hydrogen-bond acceptors (Lipinski definition) is 6. The molecule has 1 spiro atoms. The lowest BCUT2D eigenvalue weighted by Crippen LogP contribution is -2.61. The van der Waals surface area contributed by atoms with Crippen LogP contribution in [0.25, 0.3) is 22.0 Å². The molecule has 6 rings (SSSR count). The van der Waals surface area contributed by atoms with Crippen molar-refractivity contribution in [1.82, 2.24) is 14.4 Å². The van der Waals surface area contributed by atoms with E-state index in [4.69, 9.17) is 9.57 Å². The summed E-state index contributed by atoms with van der Waals surface area (Å²) < 4.78 is 21.3. The highest BCUT2D eigenvalue weighted by Crippen LogP contribution is 2.40. The van der Waals surface area contributed by atoms with Gasteiger partial charge in [0.05, 0.1) is 18.4 Å². The molecule has 7 nitrogen and oxygen atoms in total. The molecular formula is C32H39FN4O3. The van der Waals surface area contributed by atoms with Crippen molar-refractivity contribution in [3.05, 3.63) is 60.0 Å². The number of fused-ring (bicyclic) bond motifs is 1. The molecule has 0 unspecified atom stereocenters. The van der Waals surface area contributed by atoms with E-state index in [1.165, 1.54) is 28.6 Å². The first-order valence-corrected chi connectivity index (χ1v) is 14.5. The fraction of sp³-hybridized carbons (Fsp3) is 0.500. The van der Waals surface area contributed by atoms with Crippen molar-refractivity contribution >= 4 is 22.7 Å². The second-order valence-corrected chi connectivity index (χ2v) is 12.2. The second-order valence-electron chi connectivity index (χ2n) is 12.2. The normalized spacial score (nSPS) is 20.1. The van der Waals surface area contributed by atoms with Gasteiger partial charge in [0.2, 0.25) is 0 Å². The molecule has 0 N–H and O–H groups in total. The Morgan fingerprint density at radius 2 is 1.85 bits per heavy atom. The number of esters is 1. The fourth-order valence-electron chi connectivity index (χ4n) is 6.54. The van der Waals surface area contributed by atoms with Crippen molar-refractivity contribution in [2.45, 2.75) is 65.1 Å². The minimum atomic E-state index is -0.417. The van der Waals surface area contributed by atoms with Crippen LogP contribution in [0.5, 0.6) is 0 Å². The molecular weight excluding hydrogens is 507 g/mol. The zero-order valence-corrected chi connectivity index (χ0v) is 24.0. The standard InChI is InChI=1S/C32H39FN4O3/c1-5-39-30(38)31(4)13-15-36(16-14-31)28-17-32(40-34-28)20-35(21-32)18-24-19-37(22(2)3)27-8-6-7-26(29(24)27)23-9-11-25(33)12-10-23/h6-12,19,22H,5,13-18,20-21H2,1-4H3. The molecule has 0 radical (unpaired) electrons. The maximum atomic E-state index is 13.7. The molecule has 8 heteroatoms. The predicted molar refractivity (Wildman–Crippen MR) is 154 cm³/mol. The number of halogens is 1. The summed E-state index contributed by atoms with van der Waals surface area (Å²) in [7, 11) is 0. The SMILES string of the molecule is CCOC(=O)C1(C)CCN(C2=NOC3(C2)CN(Cc2cn(C(C)C)c4cccc(-c5ccc(F)cc5)c24)C3)CC1. The molecule has 4 heterocycles. The first kappa shape index (κ1) is 26.8. The molecule has 212 valence electrons. The number of likely N-dealkylation sites (tertiary alicyclic amines) is 2. The Hall–Kier alpha value is -3.39. The van der Waals surface area contributed by atoms with Gasteiger partial charge in [0.1, 0.15) is 11.7 Å².